The first kappa shape index (κ1) is 58.5. The molecule has 3 fully saturated rings. The smallest absolute Gasteiger partial charge is 0.456 e. The third-order valence-electron chi connectivity index (χ3n) is 14.1. The number of aliphatic hydroxyl groups excluding tert-OH is 2. The molecule has 5 N–H and O–H groups in total. The number of rotatable bonds is 13. The summed E-state index contributed by atoms with van der Waals surface area (Å²) in [6.45, 7) is 10.0. The summed E-state index contributed by atoms with van der Waals surface area (Å²) >= 11 is 0. The molecule has 1 aromatic heterocycles. The summed E-state index contributed by atoms with van der Waals surface area (Å²) in [4.78, 5) is 84.8. The summed E-state index contributed by atoms with van der Waals surface area (Å²) in [5, 5.41) is 64.3. The number of hydrogen-bond acceptors (Lipinski definition) is 18. The SMILES string of the molecule is CC1=C2C(O)C(=O)[C@]3(C)C(OC(=O)OCCCn4ccnc4[N+](=O)[O-])CC4OCC4(O)C3C(OC(=O)c3ccccc3)C(O)(CC1OC(=O)C(O)C(NC(=O)OC(C)(C)C)c1ccccc1)C2(C)C.[Ac].[Ac]. The summed E-state index contributed by atoms with van der Waals surface area (Å²) in [6, 6.07) is 14.3. The van der Waals surface area contributed by atoms with Crippen LogP contribution in [-0.4, -0.2) is 132 Å². The number of Topliss-reactive ketones (excluding diaryl/α,β-unsaturated/α-hetero) is 1. The van der Waals surface area contributed by atoms with Crippen molar-refractivity contribution in [1.82, 2.24) is 14.9 Å². The van der Waals surface area contributed by atoms with Crippen LogP contribution in [0.3, 0.4) is 0 Å². The van der Waals surface area contributed by atoms with E-state index in [4.69, 9.17) is 28.4 Å². The van der Waals surface area contributed by atoms with Crippen LogP contribution in [0.2, 0.25) is 0 Å². The Balaban J connectivity index is 0.00000469. The summed E-state index contributed by atoms with van der Waals surface area (Å²) in [5.74, 6) is -5.41. The molecule has 71 heavy (non-hydrogen) atoms. The normalized spacial score (nSPS) is 29.3. The molecule has 10 unspecified atom stereocenters. The summed E-state index contributed by atoms with van der Waals surface area (Å²) < 4.78 is 36.1. The molecule has 4 aliphatic rings. The van der Waals surface area contributed by atoms with Crippen LogP contribution in [0.5, 0.6) is 0 Å². The minimum atomic E-state index is -2.46. The molecule has 3 aliphatic carbocycles. The fourth-order valence-corrected chi connectivity index (χ4v) is 10.5. The second-order valence-electron chi connectivity index (χ2n) is 19.7. The number of amides is 1. The van der Waals surface area contributed by atoms with Crippen molar-refractivity contribution in [2.45, 2.75) is 134 Å². The number of aryl methyl sites for hydroxylation is 1. The third kappa shape index (κ3) is 11.3. The predicted octanol–water partition coefficient (Wildman–Crippen LogP) is 4.04. The van der Waals surface area contributed by atoms with E-state index in [0.29, 0.717) is 5.56 Å². The zero-order chi connectivity index (χ0) is 50.4. The number of ketones is 1. The molecular weight excluding hydrogens is 1360 g/mol. The van der Waals surface area contributed by atoms with Gasteiger partial charge in [-0.15, -0.1) is 0 Å². The van der Waals surface area contributed by atoms with Crippen LogP contribution in [0.4, 0.5) is 15.5 Å². The molecule has 7 rings (SSSR count). The van der Waals surface area contributed by atoms with Gasteiger partial charge in [-0.3, -0.25) is 4.79 Å². The second kappa shape index (κ2) is 22.6. The fourth-order valence-electron chi connectivity index (χ4n) is 10.5. The molecule has 1 amide bonds. The number of carbonyl (C=O) groups is 5. The topological polar surface area (TPSA) is 295 Å². The molecule has 21 nitrogen and oxygen atoms in total. The number of nitro groups is 1. The quantitative estimate of drug-likeness (QED) is 0.0403. The number of ether oxygens (including phenoxy) is 6. The van der Waals surface area contributed by atoms with E-state index in [1.165, 1.54) is 56.8 Å². The minimum Gasteiger partial charge on any atom is -0.456 e. The maximum Gasteiger partial charge on any atom is 0.508 e. The maximum atomic E-state index is 15.4. The van der Waals surface area contributed by atoms with Crippen LogP contribution in [-0.2, 0) is 44.6 Å². The number of nitrogens with one attached hydrogen (secondary N) is 1. The fraction of sp³-hybridized carbons (Fsp3) is 0.542. The van der Waals surface area contributed by atoms with E-state index in [-0.39, 0.29) is 131 Å². The first-order valence-corrected chi connectivity index (χ1v) is 22.5. The van der Waals surface area contributed by atoms with E-state index >= 15 is 4.79 Å². The van der Waals surface area contributed by atoms with Crippen LogP contribution in [0.25, 0.3) is 0 Å². The Morgan fingerprint density at radius 1 is 1.00 bits per heavy atom. The molecule has 2 saturated carbocycles. The van der Waals surface area contributed by atoms with Gasteiger partial charge in [0.15, 0.2) is 11.9 Å². The van der Waals surface area contributed by atoms with Gasteiger partial charge >= 0.3 is 30.1 Å². The number of aromatic nitrogens is 2. The van der Waals surface area contributed by atoms with Crippen molar-refractivity contribution in [3.8, 4) is 0 Å². The van der Waals surface area contributed by atoms with Gasteiger partial charge in [-0.1, -0.05) is 67.4 Å². The Morgan fingerprint density at radius 3 is 2.23 bits per heavy atom. The Kier molecular flexibility index (Phi) is 18.6. The van der Waals surface area contributed by atoms with Gasteiger partial charge in [-0.2, -0.15) is 0 Å². The van der Waals surface area contributed by atoms with E-state index < -0.39 is 130 Å². The minimum absolute atomic E-state index is 0. The van der Waals surface area contributed by atoms with Crippen LogP contribution in [0.15, 0.2) is 84.2 Å². The van der Waals surface area contributed by atoms with Crippen molar-refractivity contribution in [3.63, 3.8) is 0 Å². The average molecular weight is 1420 g/mol. The number of fused-ring (bicyclic) bond motifs is 5. The van der Waals surface area contributed by atoms with E-state index in [1.54, 1.807) is 69.3 Å². The molecule has 378 valence electrons. The Hall–Kier alpha value is -3.38. The summed E-state index contributed by atoms with van der Waals surface area (Å²) in [7, 11) is 0. The Morgan fingerprint density at radius 2 is 1.63 bits per heavy atom. The second-order valence-corrected chi connectivity index (χ2v) is 19.7. The Bertz CT molecular complexity index is 2500. The standard InChI is InChI=1S/C48H58N4O17.2Ac/c1-26-29(66-40(57)35(54)33(27-15-10-8-11-16-27)50-42(58)69-44(2,3)4)24-48(61)38(68-39(56)28-17-12-9-13-18-28)36-46(7,37(55)34(53)32(26)45(48,5)6)30(23-31-47(36,60)25-65-31)67-43(59)64-22-14-20-51-21-19-49-41(51)52(62)63;;/h8-13,15-19,21,29-31,33-36,38,53-54,60-61H,14,20,22-25H2,1-7H3,(H,50,58);;/t29?,30?,31?,33?,34?,35?,36?,38?,46-,47?,48?;;/m1../s1. The molecule has 11 atom stereocenters. The third-order valence-corrected chi connectivity index (χ3v) is 14.1. The number of alkyl carbamates (subject to hydrolysis) is 1. The van der Waals surface area contributed by atoms with Crippen LogP contribution < -0.4 is 5.32 Å². The van der Waals surface area contributed by atoms with Gasteiger partial charge in [-0.05, 0) is 68.4 Å². The molecule has 0 spiro atoms. The Labute approximate surface area is 480 Å². The van der Waals surface area contributed by atoms with Crippen molar-refractivity contribution < 1.29 is 166 Å². The number of carbonyl (C=O) groups excluding carboxylic acids is 5. The monoisotopic (exact) mass is 1420 g/mol. The van der Waals surface area contributed by atoms with Crippen molar-refractivity contribution in [2.24, 2.45) is 16.7 Å². The van der Waals surface area contributed by atoms with E-state index in [0.717, 1.165) is 0 Å². The van der Waals surface area contributed by atoms with E-state index in [9.17, 15) is 49.7 Å². The zero-order valence-electron chi connectivity index (χ0n) is 40.4. The largest absolute Gasteiger partial charge is 0.508 e. The summed E-state index contributed by atoms with van der Waals surface area (Å²) in [5.41, 5.74) is -9.13. The number of benzene rings is 2. The zero-order valence-corrected chi connectivity index (χ0v) is 49.9. The van der Waals surface area contributed by atoms with Crippen LogP contribution in [0.1, 0.15) is 89.7 Å². The van der Waals surface area contributed by atoms with Crippen molar-refractivity contribution in [3.05, 3.63) is 105 Å². The number of aliphatic hydroxyl groups is 4. The molecule has 1 saturated heterocycles. The molecule has 2 aromatic carbocycles. The number of nitrogens with zero attached hydrogens (tertiary/aromatic N) is 3. The molecule has 23 heteroatoms. The average Bonchev–Trinajstić information content (AvgIpc) is 3.77. The number of esters is 2. The van der Waals surface area contributed by atoms with E-state index in [2.05, 4.69) is 10.3 Å². The van der Waals surface area contributed by atoms with Crippen molar-refractivity contribution in [1.29, 1.82) is 0 Å². The first-order chi connectivity index (χ1) is 32.3. The van der Waals surface area contributed by atoms with Gasteiger partial charge in [0.2, 0.25) is 0 Å². The summed E-state index contributed by atoms with van der Waals surface area (Å²) in [6.07, 6.45) is -10.9. The number of imidazole rings is 1. The van der Waals surface area contributed by atoms with Crippen LogP contribution >= 0.6 is 0 Å². The number of hydrogen-bond donors (Lipinski definition) is 5. The van der Waals surface area contributed by atoms with Crippen LogP contribution in [0, 0.1) is 115 Å². The van der Waals surface area contributed by atoms with Crippen molar-refractivity contribution in [2.75, 3.05) is 13.2 Å². The predicted molar refractivity (Wildman–Crippen MR) is 238 cm³/mol. The van der Waals surface area contributed by atoms with Gasteiger partial charge in [0.05, 0.1) is 42.9 Å². The molecule has 3 aromatic rings. The van der Waals surface area contributed by atoms with Gasteiger partial charge < -0.3 is 64.3 Å². The van der Waals surface area contributed by atoms with Gasteiger partial charge in [0.1, 0.15) is 53.6 Å². The molecular formula is C48H58Ac2N4O17. The molecule has 1 aliphatic heterocycles. The molecule has 2 heterocycles. The molecule has 2 bridgehead atoms. The molecule has 2 radical (unpaired) electrons. The van der Waals surface area contributed by atoms with Gasteiger partial charge in [0.25, 0.3) is 0 Å². The van der Waals surface area contributed by atoms with Gasteiger partial charge in [0, 0.05) is 119 Å². The van der Waals surface area contributed by atoms with E-state index in [1.807, 2.05) is 0 Å². The maximum absolute atomic E-state index is 15.4. The first-order valence-electron chi connectivity index (χ1n) is 22.5. The van der Waals surface area contributed by atoms with Gasteiger partial charge in [-0.25, -0.2) is 23.7 Å². The van der Waals surface area contributed by atoms with Crippen molar-refractivity contribution >= 4 is 35.9 Å².